The first-order chi connectivity index (χ1) is 6.87. The molecule has 3 nitrogen and oxygen atoms in total. The van der Waals surface area contributed by atoms with Gasteiger partial charge in [0.15, 0.2) is 0 Å². The number of rotatable bonds is 3. The van der Waals surface area contributed by atoms with E-state index in [9.17, 15) is 0 Å². The average Bonchev–Trinajstić information content (AvgIpc) is 2.49. The number of aromatic amines is 1. The van der Waals surface area contributed by atoms with Crippen LogP contribution < -0.4 is 5.32 Å². The minimum absolute atomic E-state index is 0.400. The second kappa shape index (κ2) is 3.08. The number of imidazole rings is 1. The van der Waals surface area contributed by atoms with E-state index in [1.54, 1.807) is 6.33 Å². The van der Waals surface area contributed by atoms with E-state index in [2.05, 4.69) is 49.9 Å². The molecule has 0 saturated heterocycles. The molecule has 1 heterocycles. The minimum atomic E-state index is 0.400. The molecular formula is C12H21N3. The highest BCUT2D eigenvalue weighted by Gasteiger charge is 2.64. The van der Waals surface area contributed by atoms with E-state index in [1.165, 1.54) is 5.69 Å². The van der Waals surface area contributed by atoms with E-state index in [4.69, 9.17) is 0 Å². The van der Waals surface area contributed by atoms with Crippen LogP contribution in [0, 0.1) is 17.8 Å². The standard InChI is InChI=1S/C12H21N3/c1-8-9(15-7-14-8)6-13-10-11(2,3)12(10,4)5/h7,10,13H,6H2,1-5H3,(H,14,15). The number of hydrogen-bond donors (Lipinski definition) is 2. The molecule has 3 heteroatoms. The predicted molar refractivity (Wildman–Crippen MR) is 61.5 cm³/mol. The number of aromatic nitrogens is 2. The summed E-state index contributed by atoms with van der Waals surface area (Å²) in [6.45, 7) is 12.2. The van der Waals surface area contributed by atoms with Crippen LogP contribution in [0.1, 0.15) is 39.1 Å². The Morgan fingerprint density at radius 2 is 1.93 bits per heavy atom. The Morgan fingerprint density at radius 1 is 1.33 bits per heavy atom. The second-order valence-electron chi connectivity index (χ2n) is 5.73. The van der Waals surface area contributed by atoms with Crippen LogP contribution in [0.25, 0.3) is 0 Å². The third kappa shape index (κ3) is 1.49. The maximum Gasteiger partial charge on any atom is 0.0925 e. The zero-order chi connectivity index (χ0) is 11.3. The Morgan fingerprint density at radius 3 is 2.33 bits per heavy atom. The highest BCUT2D eigenvalue weighted by Crippen LogP contribution is 2.62. The third-order valence-corrected chi connectivity index (χ3v) is 4.43. The number of nitrogens with zero attached hydrogens (tertiary/aromatic N) is 1. The second-order valence-corrected chi connectivity index (χ2v) is 5.73. The van der Waals surface area contributed by atoms with Gasteiger partial charge < -0.3 is 10.3 Å². The van der Waals surface area contributed by atoms with Crippen molar-refractivity contribution < 1.29 is 0 Å². The van der Waals surface area contributed by atoms with Gasteiger partial charge in [-0.3, -0.25) is 0 Å². The van der Waals surface area contributed by atoms with Crippen molar-refractivity contribution >= 4 is 0 Å². The summed E-state index contributed by atoms with van der Waals surface area (Å²) < 4.78 is 0. The van der Waals surface area contributed by atoms with Gasteiger partial charge >= 0.3 is 0 Å². The van der Waals surface area contributed by atoms with E-state index in [1.807, 2.05) is 0 Å². The SMILES string of the molecule is Cc1[nH]cnc1CNC1C(C)(C)C1(C)C. The van der Waals surface area contributed by atoms with Crippen LogP contribution in [-0.4, -0.2) is 16.0 Å². The number of aryl methyl sites for hydroxylation is 1. The van der Waals surface area contributed by atoms with Crippen LogP contribution in [0.4, 0.5) is 0 Å². The Labute approximate surface area is 91.7 Å². The van der Waals surface area contributed by atoms with E-state index in [0.29, 0.717) is 16.9 Å². The first-order valence-electron chi connectivity index (χ1n) is 5.59. The monoisotopic (exact) mass is 207 g/mol. The molecule has 2 rings (SSSR count). The molecule has 0 atom stereocenters. The van der Waals surface area contributed by atoms with Crippen LogP contribution in [0.15, 0.2) is 6.33 Å². The van der Waals surface area contributed by atoms with Gasteiger partial charge in [-0.05, 0) is 17.8 Å². The summed E-state index contributed by atoms with van der Waals surface area (Å²) in [7, 11) is 0. The van der Waals surface area contributed by atoms with Gasteiger partial charge in [0.1, 0.15) is 0 Å². The Balaban J connectivity index is 1.94. The van der Waals surface area contributed by atoms with Gasteiger partial charge in [-0.25, -0.2) is 4.98 Å². The highest BCUT2D eigenvalue weighted by atomic mass is 15.1. The third-order valence-electron chi connectivity index (χ3n) is 4.43. The molecule has 15 heavy (non-hydrogen) atoms. The maximum atomic E-state index is 4.29. The average molecular weight is 207 g/mol. The van der Waals surface area contributed by atoms with Crippen molar-refractivity contribution in [2.45, 2.75) is 47.2 Å². The van der Waals surface area contributed by atoms with Crippen LogP contribution >= 0.6 is 0 Å². The maximum absolute atomic E-state index is 4.29. The largest absolute Gasteiger partial charge is 0.348 e. The highest BCUT2D eigenvalue weighted by molar-refractivity contribution is 5.19. The fourth-order valence-electron chi connectivity index (χ4n) is 2.47. The first-order valence-corrected chi connectivity index (χ1v) is 5.59. The lowest BCUT2D eigenvalue weighted by Crippen LogP contribution is -2.22. The lowest BCUT2D eigenvalue weighted by atomic mass is 10.0. The molecule has 1 aliphatic rings. The number of H-pyrrole nitrogens is 1. The normalized spacial score (nSPS) is 23.0. The van der Waals surface area contributed by atoms with E-state index >= 15 is 0 Å². The summed E-state index contributed by atoms with van der Waals surface area (Å²) in [5, 5.41) is 3.60. The summed E-state index contributed by atoms with van der Waals surface area (Å²) in [6, 6.07) is 0.598. The molecule has 0 spiro atoms. The first kappa shape index (κ1) is 10.7. The zero-order valence-electron chi connectivity index (χ0n) is 10.3. The molecule has 1 fully saturated rings. The molecule has 2 N–H and O–H groups in total. The van der Waals surface area contributed by atoms with Gasteiger partial charge in [0.2, 0.25) is 0 Å². The number of nitrogens with one attached hydrogen (secondary N) is 2. The molecule has 0 amide bonds. The zero-order valence-corrected chi connectivity index (χ0v) is 10.3. The van der Waals surface area contributed by atoms with Gasteiger partial charge in [-0.2, -0.15) is 0 Å². The summed E-state index contributed by atoms with van der Waals surface area (Å²) in [4.78, 5) is 7.40. The summed E-state index contributed by atoms with van der Waals surface area (Å²) in [5.41, 5.74) is 3.10. The van der Waals surface area contributed by atoms with E-state index < -0.39 is 0 Å². The molecule has 1 aromatic rings. The lowest BCUT2D eigenvalue weighted by molar-refractivity contribution is 0.457. The molecule has 84 valence electrons. The molecular weight excluding hydrogens is 186 g/mol. The van der Waals surface area contributed by atoms with Crippen molar-refractivity contribution in [2.24, 2.45) is 10.8 Å². The summed E-state index contributed by atoms with van der Waals surface area (Å²) in [5.74, 6) is 0. The van der Waals surface area contributed by atoms with Gasteiger partial charge in [-0.15, -0.1) is 0 Å². The Hall–Kier alpha value is -0.830. The summed E-state index contributed by atoms with van der Waals surface area (Å²) >= 11 is 0. The quantitative estimate of drug-likeness (QED) is 0.798. The molecule has 1 aliphatic carbocycles. The van der Waals surface area contributed by atoms with Crippen LogP contribution in [0.5, 0.6) is 0 Å². The van der Waals surface area contributed by atoms with Crippen molar-refractivity contribution in [3.05, 3.63) is 17.7 Å². The van der Waals surface area contributed by atoms with Gasteiger partial charge in [0.05, 0.1) is 12.0 Å². The van der Waals surface area contributed by atoms with Crippen LogP contribution in [0.2, 0.25) is 0 Å². The molecule has 0 aliphatic heterocycles. The minimum Gasteiger partial charge on any atom is -0.348 e. The topological polar surface area (TPSA) is 40.7 Å². The molecule has 1 saturated carbocycles. The van der Waals surface area contributed by atoms with Crippen LogP contribution in [0.3, 0.4) is 0 Å². The fourth-order valence-corrected chi connectivity index (χ4v) is 2.47. The van der Waals surface area contributed by atoms with E-state index in [-0.39, 0.29) is 0 Å². The van der Waals surface area contributed by atoms with Crippen molar-refractivity contribution in [3.63, 3.8) is 0 Å². The molecule has 1 aromatic heterocycles. The smallest absolute Gasteiger partial charge is 0.0925 e. The molecule has 0 bridgehead atoms. The van der Waals surface area contributed by atoms with Gasteiger partial charge in [0.25, 0.3) is 0 Å². The number of hydrogen-bond acceptors (Lipinski definition) is 2. The Kier molecular flexibility index (Phi) is 2.19. The lowest BCUT2D eigenvalue weighted by Gasteiger charge is -2.04. The van der Waals surface area contributed by atoms with Crippen molar-refractivity contribution in [3.8, 4) is 0 Å². The molecule has 0 unspecified atom stereocenters. The Bertz CT molecular complexity index is 349. The van der Waals surface area contributed by atoms with E-state index in [0.717, 1.165) is 12.2 Å². The van der Waals surface area contributed by atoms with Crippen LogP contribution in [-0.2, 0) is 6.54 Å². The fraction of sp³-hybridized carbons (Fsp3) is 0.750. The van der Waals surface area contributed by atoms with Crippen molar-refractivity contribution in [1.29, 1.82) is 0 Å². The van der Waals surface area contributed by atoms with Gasteiger partial charge in [0, 0.05) is 18.3 Å². The molecule has 0 aromatic carbocycles. The van der Waals surface area contributed by atoms with Crippen molar-refractivity contribution in [2.75, 3.05) is 0 Å². The predicted octanol–water partition coefficient (Wildman–Crippen LogP) is 2.24. The summed E-state index contributed by atoms with van der Waals surface area (Å²) in [6.07, 6.45) is 1.76. The molecule has 0 radical (unpaired) electrons. The van der Waals surface area contributed by atoms with Crippen molar-refractivity contribution in [1.82, 2.24) is 15.3 Å². The van der Waals surface area contributed by atoms with Gasteiger partial charge in [-0.1, -0.05) is 27.7 Å².